The van der Waals surface area contributed by atoms with E-state index >= 15 is 0 Å². The van der Waals surface area contributed by atoms with Gasteiger partial charge in [0.2, 0.25) is 5.91 Å². The van der Waals surface area contributed by atoms with Gasteiger partial charge in [-0.1, -0.05) is 43.7 Å². The number of nitrogens with zero attached hydrogens (tertiary/aromatic N) is 1. The van der Waals surface area contributed by atoms with Crippen LogP contribution in [0.15, 0.2) is 5.16 Å². The third-order valence-electron chi connectivity index (χ3n) is 4.68. The fourth-order valence-corrected chi connectivity index (χ4v) is 3.42. The Morgan fingerprint density at radius 2 is 1.68 bits per heavy atom. The fourth-order valence-electron chi connectivity index (χ4n) is 3.42. The second kappa shape index (κ2) is 6.26. The summed E-state index contributed by atoms with van der Waals surface area (Å²) >= 11 is 0. The Labute approximate surface area is 114 Å². The molecule has 0 aliphatic heterocycles. The molecule has 0 unspecified atom stereocenters. The lowest BCUT2D eigenvalue weighted by molar-refractivity contribution is -0.128. The fraction of sp³-hybridized carbons (Fsp3) is 0.857. The van der Waals surface area contributed by atoms with Crippen molar-refractivity contribution < 1.29 is 10.0 Å². The van der Waals surface area contributed by atoms with Crippen LogP contribution in [0.25, 0.3) is 0 Å². The normalized spacial score (nSPS) is 24.9. The van der Waals surface area contributed by atoms with Crippen molar-refractivity contribution in [3.63, 3.8) is 0 Å². The first-order chi connectivity index (χ1) is 9.19. The van der Waals surface area contributed by atoms with Crippen molar-refractivity contribution >= 4 is 11.7 Å². The van der Waals surface area contributed by atoms with Gasteiger partial charge >= 0.3 is 0 Å². The maximum absolute atomic E-state index is 12.6. The quantitative estimate of drug-likeness (QED) is 0.241. The molecule has 2 fully saturated rings. The van der Waals surface area contributed by atoms with Crippen molar-refractivity contribution in [2.24, 2.45) is 16.3 Å². The van der Waals surface area contributed by atoms with Gasteiger partial charge in [0, 0.05) is 6.04 Å². The van der Waals surface area contributed by atoms with E-state index in [1.807, 2.05) is 0 Å². The molecule has 0 bridgehead atoms. The SMILES string of the molecule is NC(=NO)C1(C(=O)NC2CCCCCC2)CCCC1. The molecule has 0 aromatic rings. The molecular weight excluding hydrogens is 242 g/mol. The van der Waals surface area contributed by atoms with Gasteiger partial charge in [-0.05, 0) is 25.7 Å². The number of hydrogen-bond donors (Lipinski definition) is 3. The molecule has 1 amide bonds. The van der Waals surface area contributed by atoms with Crippen LogP contribution in [-0.2, 0) is 4.79 Å². The Kier molecular flexibility index (Phi) is 4.66. The summed E-state index contributed by atoms with van der Waals surface area (Å²) in [5.41, 5.74) is 5.03. The number of hydrogen-bond acceptors (Lipinski definition) is 3. The number of carbonyl (C=O) groups is 1. The monoisotopic (exact) mass is 267 g/mol. The predicted molar refractivity (Wildman–Crippen MR) is 73.9 cm³/mol. The molecule has 2 rings (SSSR count). The van der Waals surface area contributed by atoms with Crippen molar-refractivity contribution in [3.05, 3.63) is 0 Å². The number of amidine groups is 1. The van der Waals surface area contributed by atoms with Crippen LogP contribution in [0.5, 0.6) is 0 Å². The molecule has 0 heterocycles. The lowest BCUT2D eigenvalue weighted by atomic mass is 9.83. The van der Waals surface area contributed by atoms with Crippen LogP contribution in [0.2, 0.25) is 0 Å². The van der Waals surface area contributed by atoms with Gasteiger partial charge in [0.15, 0.2) is 5.84 Å². The molecule has 0 saturated heterocycles. The second-order valence-electron chi connectivity index (χ2n) is 5.94. The van der Waals surface area contributed by atoms with Crippen LogP contribution >= 0.6 is 0 Å². The Bertz CT molecular complexity index is 341. The lowest BCUT2D eigenvalue weighted by Gasteiger charge is -2.28. The molecule has 5 nitrogen and oxygen atoms in total. The molecule has 0 spiro atoms. The van der Waals surface area contributed by atoms with E-state index in [2.05, 4.69) is 10.5 Å². The number of rotatable bonds is 3. The Morgan fingerprint density at radius 3 is 2.21 bits per heavy atom. The van der Waals surface area contributed by atoms with Crippen molar-refractivity contribution in [2.45, 2.75) is 70.3 Å². The zero-order chi connectivity index (χ0) is 13.7. The second-order valence-corrected chi connectivity index (χ2v) is 5.94. The third-order valence-corrected chi connectivity index (χ3v) is 4.68. The first-order valence-corrected chi connectivity index (χ1v) is 7.48. The Balaban J connectivity index is 2.03. The third kappa shape index (κ3) is 3.01. The largest absolute Gasteiger partial charge is 0.409 e. The molecule has 2 aliphatic carbocycles. The highest BCUT2D eigenvalue weighted by Gasteiger charge is 2.45. The number of amides is 1. The average Bonchev–Trinajstić information content (AvgIpc) is 2.79. The van der Waals surface area contributed by atoms with Crippen LogP contribution in [0.1, 0.15) is 64.2 Å². The lowest BCUT2D eigenvalue weighted by Crippen LogP contribution is -2.51. The van der Waals surface area contributed by atoms with Gasteiger partial charge in [0.1, 0.15) is 5.41 Å². The van der Waals surface area contributed by atoms with E-state index in [-0.39, 0.29) is 17.8 Å². The highest BCUT2D eigenvalue weighted by Crippen LogP contribution is 2.39. The average molecular weight is 267 g/mol. The zero-order valence-electron chi connectivity index (χ0n) is 11.5. The maximum atomic E-state index is 12.6. The minimum absolute atomic E-state index is 0.0350. The molecule has 19 heavy (non-hydrogen) atoms. The van der Waals surface area contributed by atoms with E-state index in [4.69, 9.17) is 10.9 Å². The van der Waals surface area contributed by atoms with Gasteiger partial charge in [-0.3, -0.25) is 4.79 Å². The van der Waals surface area contributed by atoms with Gasteiger partial charge in [0.05, 0.1) is 0 Å². The summed E-state index contributed by atoms with van der Waals surface area (Å²) in [5.74, 6) is 0.0447. The molecule has 0 aromatic carbocycles. The molecule has 5 heteroatoms. The molecule has 0 atom stereocenters. The first-order valence-electron chi connectivity index (χ1n) is 7.48. The minimum atomic E-state index is -0.763. The summed E-state index contributed by atoms with van der Waals surface area (Å²) in [6.45, 7) is 0. The summed E-state index contributed by atoms with van der Waals surface area (Å²) in [6, 6.07) is 0.263. The van der Waals surface area contributed by atoms with Crippen LogP contribution < -0.4 is 11.1 Å². The molecular formula is C14H25N3O2. The minimum Gasteiger partial charge on any atom is -0.409 e. The van der Waals surface area contributed by atoms with Crippen molar-refractivity contribution in [2.75, 3.05) is 0 Å². The van der Waals surface area contributed by atoms with Crippen LogP contribution in [0.3, 0.4) is 0 Å². The predicted octanol–water partition coefficient (Wildman–Crippen LogP) is 2.13. The van der Waals surface area contributed by atoms with Gasteiger partial charge < -0.3 is 16.3 Å². The van der Waals surface area contributed by atoms with Crippen molar-refractivity contribution in [1.82, 2.24) is 5.32 Å². The van der Waals surface area contributed by atoms with E-state index in [0.29, 0.717) is 12.8 Å². The molecule has 0 aromatic heterocycles. The molecule has 0 radical (unpaired) electrons. The Hall–Kier alpha value is -1.26. The molecule has 108 valence electrons. The van der Waals surface area contributed by atoms with Crippen LogP contribution in [0, 0.1) is 5.41 Å². The standard InChI is InChI=1S/C14H25N3O2/c15-12(17-19)14(9-5-6-10-14)13(18)16-11-7-3-1-2-4-8-11/h11,19H,1-10H2,(H2,15,17)(H,16,18). The first kappa shape index (κ1) is 14.2. The molecule has 2 aliphatic rings. The topological polar surface area (TPSA) is 87.7 Å². The van der Waals surface area contributed by atoms with E-state index < -0.39 is 5.41 Å². The van der Waals surface area contributed by atoms with Crippen LogP contribution in [0.4, 0.5) is 0 Å². The van der Waals surface area contributed by atoms with Crippen molar-refractivity contribution in [1.29, 1.82) is 0 Å². The maximum Gasteiger partial charge on any atom is 0.234 e. The summed E-state index contributed by atoms with van der Waals surface area (Å²) in [6.07, 6.45) is 10.3. The van der Waals surface area contributed by atoms with E-state index in [1.54, 1.807) is 0 Å². The number of oxime groups is 1. The van der Waals surface area contributed by atoms with E-state index in [0.717, 1.165) is 25.7 Å². The molecule has 4 N–H and O–H groups in total. The highest BCUT2D eigenvalue weighted by molar-refractivity contribution is 6.07. The van der Waals surface area contributed by atoms with Gasteiger partial charge in [0.25, 0.3) is 0 Å². The number of carbonyl (C=O) groups excluding carboxylic acids is 1. The van der Waals surface area contributed by atoms with E-state index in [1.165, 1.54) is 25.7 Å². The van der Waals surface area contributed by atoms with Crippen LogP contribution in [-0.4, -0.2) is 23.0 Å². The summed E-state index contributed by atoms with van der Waals surface area (Å²) < 4.78 is 0. The zero-order valence-corrected chi connectivity index (χ0v) is 11.5. The summed E-state index contributed by atoms with van der Waals surface area (Å²) in [5, 5.41) is 15.2. The van der Waals surface area contributed by atoms with Crippen molar-refractivity contribution in [3.8, 4) is 0 Å². The molecule has 2 saturated carbocycles. The van der Waals surface area contributed by atoms with Gasteiger partial charge in [-0.15, -0.1) is 0 Å². The highest BCUT2D eigenvalue weighted by atomic mass is 16.4. The Morgan fingerprint density at radius 1 is 1.11 bits per heavy atom. The summed E-state index contributed by atoms with van der Waals surface area (Å²) in [4.78, 5) is 12.6. The van der Waals surface area contributed by atoms with E-state index in [9.17, 15) is 4.79 Å². The smallest absolute Gasteiger partial charge is 0.234 e. The summed E-state index contributed by atoms with van der Waals surface area (Å²) in [7, 11) is 0. The number of nitrogens with one attached hydrogen (secondary N) is 1. The van der Waals surface area contributed by atoms with Gasteiger partial charge in [-0.25, -0.2) is 0 Å². The van der Waals surface area contributed by atoms with Gasteiger partial charge in [-0.2, -0.15) is 0 Å². The number of nitrogens with two attached hydrogens (primary N) is 1.